The molecule has 0 unspecified atom stereocenters. The number of nitrogens with one attached hydrogen (secondary N) is 1. The molecular weight excluding hydrogens is 218 g/mol. The van der Waals surface area contributed by atoms with Gasteiger partial charge in [0.15, 0.2) is 0 Å². The van der Waals surface area contributed by atoms with Crippen LogP contribution in [-0.4, -0.2) is 25.4 Å². The molecule has 0 saturated heterocycles. The third kappa shape index (κ3) is 2.38. The van der Waals surface area contributed by atoms with Gasteiger partial charge in [-0.2, -0.15) is 0 Å². The number of carbonyl (C=O) groups excluding carboxylic acids is 2. The molecule has 17 heavy (non-hydrogen) atoms. The van der Waals surface area contributed by atoms with Gasteiger partial charge < -0.3 is 16.0 Å². The van der Waals surface area contributed by atoms with Gasteiger partial charge in [0.05, 0.1) is 6.54 Å². The highest BCUT2D eigenvalue weighted by molar-refractivity contribution is 5.96. The van der Waals surface area contributed by atoms with Gasteiger partial charge in [0.2, 0.25) is 11.8 Å². The van der Waals surface area contributed by atoms with Gasteiger partial charge in [0.25, 0.3) is 0 Å². The summed E-state index contributed by atoms with van der Waals surface area (Å²) in [7, 11) is 1.77. The Kier molecular flexibility index (Phi) is 2.99. The van der Waals surface area contributed by atoms with Crippen LogP contribution in [0.5, 0.6) is 0 Å². The Morgan fingerprint density at radius 2 is 2.24 bits per heavy atom. The highest BCUT2D eigenvalue weighted by atomic mass is 16.2. The zero-order chi connectivity index (χ0) is 12.4. The van der Waals surface area contributed by atoms with Crippen LogP contribution in [0.25, 0.3) is 0 Å². The van der Waals surface area contributed by atoms with Crippen molar-refractivity contribution in [2.24, 2.45) is 5.73 Å². The number of rotatable bonds is 3. The van der Waals surface area contributed by atoms with Crippen molar-refractivity contribution in [3.63, 3.8) is 0 Å². The minimum Gasteiger partial charge on any atom is -0.376 e. The van der Waals surface area contributed by atoms with Crippen molar-refractivity contribution >= 4 is 23.2 Å². The number of hydrogen-bond donors (Lipinski definition) is 2. The van der Waals surface area contributed by atoms with E-state index < -0.39 is 5.91 Å². The average molecular weight is 233 g/mol. The predicted octanol–water partition coefficient (Wildman–Crippen LogP) is 0.493. The van der Waals surface area contributed by atoms with Crippen molar-refractivity contribution in [2.75, 3.05) is 23.8 Å². The molecule has 0 aliphatic carbocycles. The molecule has 1 aliphatic heterocycles. The van der Waals surface area contributed by atoms with E-state index >= 15 is 0 Å². The summed E-state index contributed by atoms with van der Waals surface area (Å²) in [6, 6.07) is 5.69. The van der Waals surface area contributed by atoms with Gasteiger partial charge in [0.1, 0.15) is 0 Å². The number of benzene rings is 1. The lowest BCUT2D eigenvalue weighted by Crippen LogP contribution is -2.31. The molecule has 0 radical (unpaired) electrons. The molecule has 0 bridgehead atoms. The van der Waals surface area contributed by atoms with Crippen LogP contribution in [0.2, 0.25) is 0 Å². The number of nitrogens with zero attached hydrogens (tertiary/aromatic N) is 1. The Hall–Kier alpha value is -2.04. The van der Waals surface area contributed by atoms with Crippen LogP contribution in [0.1, 0.15) is 12.0 Å². The second-order valence-electron chi connectivity index (χ2n) is 4.12. The van der Waals surface area contributed by atoms with Gasteiger partial charge in [-0.25, -0.2) is 0 Å². The smallest absolute Gasteiger partial charge is 0.236 e. The van der Waals surface area contributed by atoms with E-state index in [1.807, 2.05) is 18.2 Å². The van der Waals surface area contributed by atoms with E-state index in [2.05, 4.69) is 5.32 Å². The Morgan fingerprint density at radius 1 is 1.47 bits per heavy atom. The first-order valence-electron chi connectivity index (χ1n) is 5.49. The van der Waals surface area contributed by atoms with E-state index in [0.29, 0.717) is 6.42 Å². The van der Waals surface area contributed by atoms with E-state index in [0.717, 1.165) is 23.4 Å². The van der Waals surface area contributed by atoms with Crippen molar-refractivity contribution in [2.45, 2.75) is 12.8 Å². The van der Waals surface area contributed by atoms with Crippen LogP contribution in [-0.2, 0) is 16.0 Å². The molecule has 0 fully saturated rings. The van der Waals surface area contributed by atoms with Crippen LogP contribution < -0.4 is 16.0 Å². The molecule has 1 aromatic rings. The number of nitrogens with two attached hydrogens (primary N) is 1. The van der Waals surface area contributed by atoms with Crippen molar-refractivity contribution in [3.8, 4) is 0 Å². The molecular formula is C12H15N3O2. The lowest BCUT2D eigenvalue weighted by atomic mass is 10.0. The van der Waals surface area contributed by atoms with E-state index in [4.69, 9.17) is 5.73 Å². The number of hydrogen-bond acceptors (Lipinski definition) is 3. The van der Waals surface area contributed by atoms with Crippen molar-refractivity contribution in [1.29, 1.82) is 0 Å². The van der Waals surface area contributed by atoms with Crippen molar-refractivity contribution in [1.82, 2.24) is 0 Å². The molecule has 5 heteroatoms. The van der Waals surface area contributed by atoms with Gasteiger partial charge in [-0.05, 0) is 30.2 Å². The summed E-state index contributed by atoms with van der Waals surface area (Å²) < 4.78 is 0. The maximum Gasteiger partial charge on any atom is 0.236 e. The number of carbonyl (C=O) groups is 2. The quantitative estimate of drug-likeness (QED) is 0.798. The molecule has 1 aromatic carbocycles. The van der Waals surface area contributed by atoms with Crippen molar-refractivity contribution in [3.05, 3.63) is 23.8 Å². The summed E-state index contributed by atoms with van der Waals surface area (Å²) >= 11 is 0. The molecule has 1 heterocycles. The number of aryl methyl sites for hydroxylation is 1. The fourth-order valence-corrected chi connectivity index (χ4v) is 1.96. The van der Waals surface area contributed by atoms with Crippen LogP contribution in [0.3, 0.4) is 0 Å². The fraction of sp³-hybridized carbons (Fsp3) is 0.333. The Labute approximate surface area is 99.6 Å². The zero-order valence-corrected chi connectivity index (χ0v) is 9.69. The van der Waals surface area contributed by atoms with Crippen LogP contribution in [0.4, 0.5) is 11.4 Å². The highest BCUT2D eigenvalue weighted by Gasteiger charge is 2.20. The van der Waals surface area contributed by atoms with Crippen LogP contribution >= 0.6 is 0 Å². The molecule has 2 amide bonds. The summed E-state index contributed by atoms with van der Waals surface area (Å²) in [4.78, 5) is 23.8. The standard InChI is InChI=1S/C12H15N3O2/c1-15-10-4-3-9(14-7-11(13)16)6-8(10)2-5-12(15)17/h3-4,6,14H,2,5,7H2,1H3,(H2,13,16). The first kappa shape index (κ1) is 11.4. The van der Waals surface area contributed by atoms with E-state index in [1.165, 1.54) is 0 Å². The van der Waals surface area contributed by atoms with Gasteiger partial charge in [-0.15, -0.1) is 0 Å². The van der Waals surface area contributed by atoms with E-state index in [9.17, 15) is 9.59 Å². The van der Waals surface area contributed by atoms with Crippen LogP contribution in [0, 0.1) is 0 Å². The second-order valence-corrected chi connectivity index (χ2v) is 4.12. The first-order valence-corrected chi connectivity index (χ1v) is 5.49. The van der Waals surface area contributed by atoms with E-state index in [-0.39, 0.29) is 12.5 Å². The number of amides is 2. The third-order valence-electron chi connectivity index (χ3n) is 2.89. The SMILES string of the molecule is CN1C(=O)CCc2cc(NCC(N)=O)ccc21. The molecule has 1 aliphatic rings. The summed E-state index contributed by atoms with van der Waals surface area (Å²) in [5.41, 5.74) is 7.96. The molecule has 5 nitrogen and oxygen atoms in total. The topological polar surface area (TPSA) is 75.4 Å². The van der Waals surface area contributed by atoms with Gasteiger partial charge in [-0.3, -0.25) is 9.59 Å². The Bertz CT molecular complexity index is 471. The molecule has 0 saturated carbocycles. The summed E-state index contributed by atoms with van der Waals surface area (Å²) in [5.74, 6) is -0.259. The predicted molar refractivity (Wildman–Crippen MR) is 65.9 cm³/mol. The number of anilines is 2. The Balaban J connectivity index is 2.20. The minimum absolute atomic E-state index is 0.119. The summed E-state index contributed by atoms with van der Waals surface area (Å²) in [5, 5.41) is 2.94. The molecule has 0 spiro atoms. The normalized spacial score (nSPS) is 14.4. The summed E-state index contributed by atoms with van der Waals surface area (Å²) in [6.07, 6.45) is 1.27. The average Bonchev–Trinajstić information content (AvgIpc) is 2.31. The summed E-state index contributed by atoms with van der Waals surface area (Å²) in [6.45, 7) is 0.119. The number of primary amides is 1. The molecule has 0 aromatic heterocycles. The molecule has 90 valence electrons. The van der Waals surface area contributed by atoms with Gasteiger partial charge in [0, 0.05) is 24.8 Å². The Morgan fingerprint density at radius 3 is 2.94 bits per heavy atom. The third-order valence-corrected chi connectivity index (χ3v) is 2.89. The van der Waals surface area contributed by atoms with E-state index in [1.54, 1.807) is 11.9 Å². The number of fused-ring (bicyclic) bond motifs is 1. The monoisotopic (exact) mass is 233 g/mol. The maximum atomic E-state index is 11.5. The lowest BCUT2D eigenvalue weighted by Gasteiger charge is -2.26. The lowest BCUT2D eigenvalue weighted by molar-refractivity contribution is -0.118. The van der Waals surface area contributed by atoms with Gasteiger partial charge >= 0.3 is 0 Å². The highest BCUT2D eigenvalue weighted by Crippen LogP contribution is 2.28. The maximum absolute atomic E-state index is 11.5. The zero-order valence-electron chi connectivity index (χ0n) is 9.69. The fourth-order valence-electron chi connectivity index (χ4n) is 1.96. The van der Waals surface area contributed by atoms with Crippen LogP contribution in [0.15, 0.2) is 18.2 Å². The molecule has 2 rings (SSSR count). The molecule has 0 atom stereocenters. The van der Waals surface area contributed by atoms with Crippen molar-refractivity contribution < 1.29 is 9.59 Å². The largest absolute Gasteiger partial charge is 0.376 e. The van der Waals surface area contributed by atoms with Gasteiger partial charge in [-0.1, -0.05) is 0 Å². The minimum atomic E-state index is -0.394. The second kappa shape index (κ2) is 4.45. The molecule has 3 N–H and O–H groups in total. The first-order chi connectivity index (χ1) is 8.08.